The molecule has 23 heavy (non-hydrogen) atoms. The standard InChI is InChI=1S/C15H18N4O4/c1-2-19-12(13(16)20)9(6-17-19)18-14(21)10-7-3-4-8(5-7)11(10)15(22)23/h3-4,6-8,10-11H,2,5H2,1H3,(H2,16,20)(H,18,21)(H,22,23)/t7-,8-,10+,11+/m0/s1. The quantitative estimate of drug-likeness (QED) is 0.680. The summed E-state index contributed by atoms with van der Waals surface area (Å²) in [6.07, 6.45) is 5.81. The number of nitrogens with zero attached hydrogens (tertiary/aromatic N) is 2. The number of hydrogen-bond acceptors (Lipinski definition) is 4. The van der Waals surface area contributed by atoms with E-state index in [1.807, 2.05) is 12.2 Å². The van der Waals surface area contributed by atoms with E-state index in [-0.39, 0.29) is 23.2 Å². The third-order valence-electron chi connectivity index (χ3n) is 4.68. The molecule has 0 saturated heterocycles. The molecule has 4 atom stereocenters. The molecule has 2 aliphatic rings. The highest BCUT2D eigenvalue weighted by Crippen LogP contribution is 2.48. The number of anilines is 1. The van der Waals surface area contributed by atoms with Crippen molar-refractivity contribution in [2.75, 3.05) is 5.32 Å². The maximum Gasteiger partial charge on any atom is 0.307 e. The molecule has 2 bridgehead atoms. The number of nitrogens with two attached hydrogens (primary N) is 1. The maximum absolute atomic E-state index is 12.6. The van der Waals surface area contributed by atoms with E-state index in [1.165, 1.54) is 10.9 Å². The molecule has 3 rings (SSSR count). The van der Waals surface area contributed by atoms with Gasteiger partial charge in [0, 0.05) is 6.54 Å². The summed E-state index contributed by atoms with van der Waals surface area (Å²) in [7, 11) is 0. The van der Waals surface area contributed by atoms with E-state index in [1.54, 1.807) is 6.92 Å². The summed E-state index contributed by atoms with van der Waals surface area (Å²) in [6.45, 7) is 2.23. The number of rotatable bonds is 5. The van der Waals surface area contributed by atoms with Crippen molar-refractivity contribution in [3.63, 3.8) is 0 Å². The van der Waals surface area contributed by atoms with Crippen molar-refractivity contribution in [1.82, 2.24) is 9.78 Å². The number of carbonyl (C=O) groups is 3. The van der Waals surface area contributed by atoms with Crippen molar-refractivity contribution in [2.45, 2.75) is 19.9 Å². The molecule has 1 heterocycles. The number of hydrogen-bond donors (Lipinski definition) is 3. The van der Waals surface area contributed by atoms with E-state index in [2.05, 4.69) is 10.4 Å². The summed E-state index contributed by atoms with van der Waals surface area (Å²) >= 11 is 0. The van der Waals surface area contributed by atoms with Gasteiger partial charge < -0.3 is 16.2 Å². The van der Waals surface area contributed by atoms with Crippen molar-refractivity contribution < 1.29 is 19.5 Å². The number of carboxylic acid groups (broad SMARTS) is 1. The van der Waals surface area contributed by atoms with Gasteiger partial charge in [0.25, 0.3) is 5.91 Å². The van der Waals surface area contributed by atoms with Gasteiger partial charge in [0.2, 0.25) is 5.91 Å². The Balaban J connectivity index is 1.85. The van der Waals surface area contributed by atoms with E-state index in [4.69, 9.17) is 5.73 Å². The normalized spacial score (nSPS) is 28.0. The Bertz CT molecular complexity index is 708. The molecule has 1 aromatic rings. The third kappa shape index (κ3) is 2.39. The zero-order valence-corrected chi connectivity index (χ0v) is 12.6. The first-order valence-corrected chi connectivity index (χ1v) is 7.51. The van der Waals surface area contributed by atoms with Gasteiger partial charge in [-0.05, 0) is 25.2 Å². The van der Waals surface area contributed by atoms with Crippen LogP contribution in [0.2, 0.25) is 0 Å². The van der Waals surface area contributed by atoms with Gasteiger partial charge in [0.05, 0.1) is 23.7 Å². The number of nitrogens with one attached hydrogen (secondary N) is 1. The third-order valence-corrected chi connectivity index (χ3v) is 4.68. The summed E-state index contributed by atoms with van der Waals surface area (Å²) in [6, 6.07) is 0. The molecule has 1 saturated carbocycles. The summed E-state index contributed by atoms with van der Waals surface area (Å²) in [5.74, 6) is -3.64. The van der Waals surface area contributed by atoms with Crippen LogP contribution in [0.4, 0.5) is 5.69 Å². The fourth-order valence-electron chi connectivity index (χ4n) is 3.71. The number of allylic oxidation sites excluding steroid dienone is 2. The summed E-state index contributed by atoms with van der Waals surface area (Å²) < 4.78 is 1.40. The molecule has 122 valence electrons. The molecule has 0 radical (unpaired) electrons. The molecule has 0 aliphatic heterocycles. The van der Waals surface area contributed by atoms with E-state index in [0.29, 0.717) is 13.0 Å². The van der Waals surface area contributed by atoms with Gasteiger partial charge in [-0.3, -0.25) is 19.1 Å². The number of fused-ring (bicyclic) bond motifs is 2. The van der Waals surface area contributed by atoms with E-state index < -0.39 is 29.6 Å². The Morgan fingerprint density at radius 1 is 1.35 bits per heavy atom. The van der Waals surface area contributed by atoms with Crippen molar-refractivity contribution in [3.8, 4) is 0 Å². The number of aliphatic carboxylic acids is 1. The Hall–Kier alpha value is -2.64. The van der Waals surface area contributed by atoms with Gasteiger partial charge in [0.15, 0.2) is 0 Å². The minimum absolute atomic E-state index is 0.0839. The minimum Gasteiger partial charge on any atom is -0.481 e. The lowest BCUT2D eigenvalue weighted by Gasteiger charge is -2.23. The lowest BCUT2D eigenvalue weighted by atomic mass is 9.82. The highest BCUT2D eigenvalue weighted by molar-refractivity contribution is 6.03. The largest absolute Gasteiger partial charge is 0.481 e. The summed E-state index contributed by atoms with van der Waals surface area (Å²) in [5.41, 5.74) is 5.68. The Morgan fingerprint density at radius 3 is 2.57 bits per heavy atom. The molecular weight excluding hydrogens is 300 g/mol. The number of primary amides is 1. The van der Waals surface area contributed by atoms with Crippen LogP contribution in [-0.2, 0) is 16.1 Å². The number of carbonyl (C=O) groups excluding carboxylic acids is 2. The first-order chi connectivity index (χ1) is 10.9. The fraction of sp³-hybridized carbons (Fsp3) is 0.467. The van der Waals surface area contributed by atoms with Crippen LogP contribution in [0.15, 0.2) is 18.3 Å². The first-order valence-electron chi connectivity index (χ1n) is 7.51. The molecule has 2 aliphatic carbocycles. The zero-order valence-electron chi connectivity index (χ0n) is 12.6. The molecule has 0 spiro atoms. The van der Waals surface area contributed by atoms with Crippen LogP contribution in [0.3, 0.4) is 0 Å². The predicted octanol–water partition coefficient (Wildman–Crippen LogP) is 0.463. The average Bonchev–Trinajstić information content (AvgIpc) is 3.19. The first kappa shape index (κ1) is 15.3. The highest BCUT2D eigenvalue weighted by atomic mass is 16.4. The van der Waals surface area contributed by atoms with Crippen molar-refractivity contribution >= 4 is 23.5 Å². The second-order valence-corrected chi connectivity index (χ2v) is 5.91. The van der Waals surface area contributed by atoms with Crippen LogP contribution in [0, 0.1) is 23.7 Å². The molecule has 2 amide bonds. The fourth-order valence-corrected chi connectivity index (χ4v) is 3.71. The predicted molar refractivity (Wildman–Crippen MR) is 80.4 cm³/mol. The van der Waals surface area contributed by atoms with Crippen molar-refractivity contribution in [3.05, 3.63) is 24.0 Å². The molecule has 1 fully saturated rings. The average molecular weight is 318 g/mol. The molecule has 8 heteroatoms. The van der Waals surface area contributed by atoms with Crippen LogP contribution >= 0.6 is 0 Å². The number of aryl methyl sites for hydroxylation is 1. The van der Waals surface area contributed by atoms with Gasteiger partial charge >= 0.3 is 5.97 Å². The maximum atomic E-state index is 12.6. The Morgan fingerprint density at radius 2 is 2.00 bits per heavy atom. The Labute approximate surface area is 132 Å². The number of carboxylic acids is 1. The van der Waals surface area contributed by atoms with Crippen LogP contribution in [0.25, 0.3) is 0 Å². The molecule has 1 aromatic heterocycles. The molecule has 8 nitrogen and oxygen atoms in total. The monoisotopic (exact) mass is 318 g/mol. The molecule has 4 N–H and O–H groups in total. The van der Waals surface area contributed by atoms with Gasteiger partial charge in [0.1, 0.15) is 5.69 Å². The number of amides is 2. The minimum atomic E-state index is -0.971. The topological polar surface area (TPSA) is 127 Å². The van der Waals surface area contributed by atoms with E-state index in [0.717, 1.165) is 0 Å². The van der Waals surface area contributed by atoms with Gasteiger partial charge in [-0.2, -0.15) is 5.10 Å². The summed E-state index contributed by atoms with van der Waals surface area (Å²) in [4.78, 5) is 35.6. The second kappa shape index (κ2) is 5.53. The van der Waals surface area contributed by atoms with E-state index >= 15 is 0 Å². The van der Waals surface area contributed by atoms with Crippen LogP contribution in [0.5, 0.6) is 0 Å². The lowest BCUT2D eigenvalue weighted by Crippen LogP contribution is -2.36. The molecule has 0 aromatic carbocycles. The smallest absolute Gasteiger partial charge is 0.307 e. The van der Waals surface area contributed by atoms with Crippen molar-refractivity contribution in [2.24, 2.45) is 29.4 Å². The van der Waals surface area contributed by atoms with Crippen molar-refractivity contribution in [1.29, 1.82) is 0 Å². The Kier molecular flexibility index (Phi) is 3.67. The SMILES string of the molecule is CCn1ncc(NC(=O)[C@H]2[C@H](C(=O)O)[C@H]3C=C[C@H]2C3)c1C(N)=O. The number of aromatic nitrogens is 2. The lowest BCUT2D eigenvalue weighted by molar-refractivity contribution is -0.146. The van der Waals surface area contributed by atoms with Crippen LogP contribution in [0.1, 0.15) is 23.8 Å². The molecule has 0 unspecified atom stereocenters. The summed E-state index contributed by atoms with van der Waals surface area (Å²) in [5, 5.41) is 16.0. The highest BCUT2D eigenvalue weighted by Gasteiger charge is 2.51. The van der Waals surface area contributed by atoms with Gasteiger partial charge in [-0.1, -0.05) is 12.2 Å². The van der Waals surface area contributed by atoms with Gasteiger partial charge in [-0.25, -0.2) is 0 Å². The van der Waals surface area contributed by atoms with Crippen LogP contribution in [-0.4, -0.2) is 32.7 Å². The van der Waals surface area contributed by atoms with Crippen LogP contribution < -0.4 is 11.1 Å². The second-order valence-electron chi connectivity index (χ2n) is 5.91. The zero-order chi connectivity index (χ0) is 16.7. The van der Waals surface area contributed by atoms with Gasteiger partial charge in [-0.15, -0.1) is 0 Å². The van der Waals surface area contributed by atoms with E-state index in [9.17, 15) is 19.5 Å². The molecular formula is C15H18N4O4.